The van der Waals surface area contributed by atoms with Crippen LogP contribution in [0.1, 0.15) is 28.6 Å². The van der Waals surface area contributed by atoms with Crippen LogP contribution in [0.15, 0.2) is 30.3 Å². The van der Waals surface area contributed by atoms with E-state index in [-0.39, 0.29) is 10.8 Å². The van der Waals surface area contributed by atoms with Gasteiger partial charge in [-0.1, -0.05) is 24.6 Å². The standard InChI is InChI=1S/C14H10ClF3OS/c1-2-11(19)13-6-5-12(20-13)8-3-4-10(15)9(7-8)14(16,17)18/h3-7H,2H2,1H3. The number of halogens is 4. The predicted octanol–water partition coefficient (Wildman–Crippen LogP) is 5.68. The van der Waals surface area contributed by atoms with Crippen molar-refractivity contribution in [3.05, 3.63) is 45.8 Å². The second-order valence-corrected chi connectivity index (χ2v) is 5.62. The molecule has 0 spiro atoms. The van der Waals surface area contributed by atoms with Crippen molar-refractivity contribution >= 4 is 28.7 Å². The summed E-state index contributed by atoms with van der Waals surface area (Å²) in [5.74, 6) is -0.0220. The summed E-state index contributed by atoms with van der Waals surface area (Å²) in [6.07, 6.45) is -4.12. The van der Waals surface area contributed by atoms with E-state index in [0.29, 0.717) is 21.7 Å². The van der Waals surface area contributed by atoms with Crippen molar-refractivity contribution in [2.75, 3.05) is 0 Å². The van der Waals surface area contributed by atoms with E-state index < -0.39 is 11.7 Å². The van der Waals surface area contributed by atoms with Crippen LogP contribution >= 0.6 is 22.9 Å². The van der Waals surface area contributed by atoms with Gasteiger partial charge in [-0.25, -0.2) is 0 Å². The number of ketones is 1. The van der Waals surface area contributed by atoms with Gasteiger partial charge >= 0.3 is 6.18 Å². The Hall–Kier alpha value is -1.33. The van der Waals surface area contributed by atoms with Crippen LogP contribution in [-0.2, 0) is 6.18 Å². The summed E-state index contributed by atoms with van der Waals surface area (Å²) < 4.78 is 38.4. The van der Waals surface area contributed by atoms with Gasteiger partial charge in [-0.15, -0.1) is 11.3 Å². The first-order chi connectivity index (χ1) is 9.32. The largest absolute Gasteiger partial charge is 0.417 e. The van der Waals surface area contributed by atoms with Crippen LogP contribution in [0.2, 0.25) is 5.02 Å². The van der Waals surface area contributed by atoms with Crippen molar-refractivity contribution in [3.63, 3.8) is 0 Å². The third-order valence-corrected chi connectivity index (χ3v) is 4.26. The van der Waals surface area contributed by atoms with Gasteiger partial charge in [0.25, 0.3) is 0 Å². The van der Waals surface area contributed by atoms with Gasteiger partial charge in [-0.2, -0.15) is 13.2 Å². The predicted molar refractivity (Wildman–Crippen MR) is 74.4 cm³/mol. The number of Topliss-reactive ketones (excluding diaryl/α,β-unsaturated/α-hetero) is 1. The van der Waals surface area contributed by atoms with Gasteiger partial charge in [0.15, 0.2) is 5.78 Å². The zero-order valence-electron chi connectivity index (χ0n) is 10.4. The van der Waals surface area contributed by atoms with Gasteiger partial charge < -0.3 is 0 Å². The highest BCUT2D eigenvalue weighted by Gasteiger charge is 2.33. The van der Waals surface area contributed by atoms with Crippen LogP contribution < -0.4 is 0 Å². The van der Waals surface area contributed by atoms with Crippen LogP contribution in [0, 0.1) is 0 Å². The van der Waals surface area contributed by atoms with Crippen molar-refractivity contribution in [3.8, 4) is 10.4 Å². The molecule has 1 aromatic heterocycles. The fraction of sp³-hybridized carbons (Fsp3) is 0.214. The second kappa shape index (κ2) is 5.58. The minimum atomic E-state index is -4.49. The number of thiophene rings is 1. The summed E-state index contributed by atoms with van der Waals surface area (Å²) in [5, 5.41) is -0.331. The lowest BCUT2D eigenvalue weighted by molar-refractivity contribution is -0.137. The maximum atomic E-state index is 12.8. The molecule has 0 aliphatic rings. The third kappa shape index (κ3) is 3.04. The lowest BCUT2D eigenvalue weighted by Crippen LogP contribution is -2.05. The summed E-state index contributed by atoms with van der Waals surface area (Å²) in [5.41, 5.74) is -0.463. The molecule has 6 heteroatoms. The molecule has 1 heterocycles. The summed E-state index contributed by atoms with van der Waals surface area (Å²) in [7, 11) is 0. The molecule has 2 rings (SSSR count). The fourth-order valence-corrected chi connectivity index (χ4v) is 2.95. The van der Waals surface area contributed by atoms with Crippen LogP contribution in [0.3, 0.4) is 0 Å². The number of hydrogen-bond acceptors (Lipinski definition) is 2. The molecule has 0 atom stereocenters. The third-order valence-electron chi connectivity index (χ3n) is 2.76. The molecule has 0 bridgehead atoms. The van der Waals surface area contributed by atoms with E-state index in [1.165, 1.54) is 23.5 Å². The Morgan fingerprint density at radius 1 is 1.25 bits per heavy atom. The van der Waals surface area contributed by atoms with E-state index in [1.807, 2.05) is 0 Å². The van der Waals surface area contributed by atoms with Gasteiger partial charge in [-0.05, 0) is 29.8 Å². The molecule has 0 radical (unpaired) electrons. The monoisotopic (exact) mass is 318 g/mol. The summed E-state index contributed by atoms with van der Waals surface area (Å²) in [6, 6.07) is 7.03. The van der Waals surface area contributed by atoms with Crippen molar-refractivity contribution in [2.24, 2.45) is 0 Å². The van der Waals surface area contributed by atoms with Gasteiger partial charge in [0, 0.05) is 11.3 Å². The molecule has 20 heavy (non-hydrogen) atoms. The molecule has 0 amide bonds. The molecule has 0 fully saturated rings. The number of rotatable bonds is 3. The molecule has 1 nitrogen and oxygen atoms in total. The minimum Gasteiger partial charge on any atom is -0.293 e. The quantitative estimate of drug-likeness (QED) is 0.665. The van der Waals surface area contributed by atoms with E-state index in [4.69, 9.17) is 11.6 Å². The Morgan fingerprint density at radius 3 is 2.55 bits per heavy atom. The minimum absolute atomic E-state index is 0.0220. The smallest absolute Gasteiger partial charge is 0.293 e. The Labute approximate surface area is 123 Å². The van der Waals surface area contributed by atoms with E-state index in [0.717, 1.165) is 6.07 Å². The summed E-state index contributed by atoms with van der Waals surface area (Å²) in [6.45, 7) is 1.74. The highest BCUT2D eigenvalue weighted by molar-refractivity contribution is 7.17. The molecular weight excluding hydrogens is 309 g/mol. The van der Waals surface area contributed by atoms with Crippen molar-refractivity contribution in [2.45, 2.75) is 19.5 Å². The first-order valence-electron chi connectivity index (χ1n) is 5.83. The molecule has 2 aromatic rings. The number of hydrogen-bond donors (Lipinski definition) is 0. The van der Waals surface area contributed by atoms with Crippen LogP contribution in [0.25, 0.3) is 10.4 Å². The van der Waals surface area contributed by atoms with E-state index >= 15 is 0 Å². The number of alkyl halides is 3. The average molecular weight is 319 g/mol. The maximum absolute atomic E-state index is 12.8. The molecule has 0 aliphatic carbocycles. The zero-order valence-corrected chi connectivity index (χ0v) is 12.0. The maximum Gasteiger partial charge on any atom is 0.417 e. The van der Waals surface area contributed by atoms with Crippen LogP contribution in [0.5, 0.6) is 0 Å². The first-order valence-corrected chi connectivity index (χ1v) is 7.02. The Balaban J connectivity index is 2.44. The van der Waals surface area contributed by atoms with Crippen molar-refractivity contribution in [1.29, 1.82) is 0 Å². The molecular formula is C14H10ClF3OS. The normalized spacial score (nSPS) is 11.7. The van der Waals surface area contributed by atoms with E-state index in [1.54, 1.807) is 19.1 Å². The van der Waals surface area contributed by atoms with Gasteiger partial charge in [0.1, 0.15) is 0 Å². The molecule has 0 saturated carbocycles. The SMILES string of the molecule is CCC(=O)c1ccc(-c2ccc(Cl)c(C(F)(F)F)c2)s1. The number of benzene rings is 1. The molecule has 0 saturated heterocycles. The Morgan fingerprint density at radius 2 is 1.95 bits per heavy atom. The second-order valence-electron chi connectivity index (χ2n) is 4.13. The van der Waals surface area contributed by atoms with Gasteiger partial charge in [0.2, 0.25) is 0 Å². The molecule has 106 valence electrons. The van der Waals surface area contributed by atoms with Crippen molar-refractivity contribution in [1.82, 2.24) is 0 Å². The molecule has 0 N–H and O–H groups in total. The number of carbonyl (C=O) groups is 1. The highest BCUT2D eigenvalue weighted by atomic mass is 35.5. The molecule has 0 unspecified atom stereocenters. The fourth-order valence-electron chi connectivity index (χ4n) is 1.71. The van der Waals surface area contributed by atoms with Crippen LogP contribution in [0.4, 0.5) is 13.2 Å². The summed E-state index contributed by atoms with van der Waals surface area (Å²) >= 11 is 6.76. The van der Waals surface area contributed by atoms with Crippen LogP contribution in [-0.4, -0.2) is 5.78 Å². The molecule has 0 aliphatic heterocycles. The van der Waals surface area contributed by atoms with Crippen molar-refractivity contribution < 1.29 is 18.0 Å². The highest BCUT2D eigenvalue weighted by Crippen LogP contribution is 2.38. The summed E-state index contributed by atoms with van der Waals surface area (Å²) in [4.78, 5) is 12.7. The average Bonchev–Trinajstić information content (AvgIpc) is 2.86. The molecule has 1 aromatic carbocycles. The van der Waals surface area contributed by atoms with E-state index in [2.05, 4.69) is 0 Å². The van der Waals surface area contributed by atoms with Gasteiger partial charge in [0.05, 0.1) is 15.5 Å². The number of carbonyl (C=O) groups excluding carboxylic acids is 1. The zero-order chi connectivity index (χ0) is 14.9. The lowest BCUT2D eigenvalue weighted by atomic mass is 10.1. The van der Waals surface area contributed by atoms with Gasteiger partial charge in [-0.3, -0.25) is 4.79 Å². The Kier molecular flexibility index (Phi) is 4.20. The van der Waals surface area contributed by atoms with E-state index in [9.17, 15) is 18.0 Å². The Bertz CT molecular complexity index is 646. The topological polar surface area (TPSA) is 17.1 Å². The lowest BCUT2D eigenvalue weighted by Gasteiger charge is -2.10. The first kappa shape index (κ1) is 15.1.